The van der Waals surface area contributed by atoms with Crippen LogP contribution in [0.2, 0.25) is 5.02 Å². The SMILES string of the molecule is Clc1ccc(-c2noc(CCC3CC[CH]CC3)n2)cc1. The quantitative estimate of drug-likeness (QED) is 0.817. The molecule has 1 saturated carbocycles. The van der Waals surface area contributed by atoms with Crippen molar-refractivity contribution in [3.05, 3.63) is 41.6 Å². The lowest BCUT2D eigenvalue weighted by atomic mass is 9.86. The monoisotopic (exact) mass is 289 g/mol. The largest absolute Gasteiger partial charge is 0.339 e. The summed E-state index contributed by atoms with van der Waals surface area (Å²) in [5.74, 6) is 2.20. The van der Waals surface area contributed by atoms with Crippen molar-refractivity contribution in [1.82, 2.24) is 10.1 Å². The number of halogens is 1. The number of benzene rings is 1. The minimum atomic E-state index is 0.647. The number of hydrogen-bond acceptors (Lipinski definition) is 3. The fraction of sp³-hybridized carbons (Fsp3) is 0.438. The van der Waals surface area contributed by atoms with Crippen LogP contribution in [0.5, 0.6) is 0 Å². The molecule has 1 aliphatic rings. The predicted molar refractivity (Wildman–Crippen MR) is 79.3 cm³/mol. The minimum absolute atomic E-state index is 0.647. The zero-order valence-corrected chi connectivity index (χ0v) is 12.1. The third-order valence-corrected chi connectivity index (χ3v) is 4.15. The van der Waals surface area contributed by atoms with Crippen molar-refractivity contribution in [3.8, 4) is 11.4 Å². The Morgan fingerprint density at radius 2 is 1.90 bits per heavy atom. The third kappa shape index (κ3) is 3.40. The molecule has 3 nitrogen and oxygen atoms in total. The van der Waals surface area contributed by atoms with Crippen LogP contribution >= 0.6 is 11.6 Å². The summed E-state index contributed by atoms with van der Waals surface area (Å²) in [4.78, 5) is 4.47. The second-order valence-electron chi connectivity index (χ2n) is 5.37. The van der Waals surface area contributed by atoms with Gasteiger partial charge in [0, 0.05) is 17.0 Å². The van der Waals surface area contributed by atoms with E-state index in [1.807, 2.05) is 24.3 Å². The highest BCUT2D eigenvalue weighted by atomic mass is 35.5. The predicted octanol–water partition coefficient (Wildman–Crippen LogP) is 4.72. The number of aromatic nitrogens is 2. The van der Waals surface area contributed by atoms with E-state index in [0.29, 0.717) is 10.8 Å². The first-order valence-corrected chi connectivity index (χ1v) is 7.59. The van der Waals surface area contributed by atoms with E-state index in [-0.39, 0.29) is 0 Å². The summed E-state index contributed by atoms with van der Waals surface area (Å²) in [7, 11) is 0. The fourth-order valence-corrected chi connectivity index (χ4v) is 2.81. The summed E-state index contributed by atoms with van der Waals surface area (Å²) in [6.45, 7) is 0. The second-order valence-corrected chi connectivity index (χ2v) is 5.80. The molecular formula is C16H18ClN2O. The molecule has 0 bridgehead atoms. The molecule has 0 spiro atoms. The van der Waals surface area contributed by atoms with Crippen molar-refractivity contribution < 1.29 is 4.52 Å². The first kappa shape index (κ1) is 13.6. The van der Waals surface area contributed by atoms with E-state index in [2.05, 4.69) is 16.6 Å². The van der Waals surface area contributed by atoms with Crippen LogP contribution in [0, 0.1) is 12.3 Å². The molecule has 4 heteroatoms. The lowest BCUT2D eigenvalue weighted by molar-refractivity contribution is 0.336. The van der Waals surface area contributed by atoms with Crippen LogP contribution in [-0.2, 0) is 6.42 Å². The van der Waals surface area contributed by atoms with Crippen molar-refractivity contribution in [2.24, 2.45) is 5.92 Å². The molecule has 1 radical (unpaired) electrons. The first-order valence-electron chi connectivity index (χ1n) is 7.21. The maximum atomic E-state index is 5.87. The van der Waals surface area contributed by atoms with Gasteiger partial charge in [-0.15, -0.1) is 0 Å². The summed E-state index contributed by atoms with van der Waals surface area (Å²) < 4.78 is 5.34. The molecule has 0 amide bonds. The van der Waals surface area contributed by atoms with Crippen LogP contribution in [0.1, 0.15) is 38.0 Å². The molecule has 0 atom stereocenters. The Morgan fingerprint density at radius 1 is 1.15 bits per heavy atom. The average Bonchev–Trinajstić information content (AvgIpc) is 2.96. The van der Waals surface area contributed by atoms with Crippen molar-refractivity contribution >= 4 is 11.6 Å². The zero-order chi connectivity index (χ0) is 13.8. The average molecular weight is 290 g/mol. The lowest BCUT2D eigenvalue weighted by Gasteiger charge is -2.20. The summed E-state index contributed by atoms with van der Waals surface area (Å²) >= 11 is 5.87. The van der Waals surface area contributed by atoms with Gasteiger partial charge in [-0.05, 0) is 55.9 Å². The summed E-state index contributed by atoms with van der Waals surface area (Å²) in [6.07, 6.45) is 9.54. The standard InChI is InChI=1S/C16H18ClN2O/c17-14-9-7-13(8-10-14)16-18-15(20-19-16)11-6-12-4-2-1-3-5-12/h1,7-10,12H,2-6,11H2. The van der Waals surface area contributed by atoms with E-state index in [0.717, 1.165) is 30.2 Å². The molecule has 0 unspecified atom stereocenters. The van der Waals surface area contributed by atoms with Crippen LogP contribution in [0.3, 0.4) is 0 Å². The van der Waals surface area contributed by atoms with E-state index in [9.17, 15) is 0 Å². The van der Waals surface area contributed by atoms with Crippen LogP contribution in [-0.4, -0.2) is 10.1 Å². The van der Waals surface area contributed by atoms with Gasteiger partial charge in [-0.1, -0.05) is 29.6 Å². The van der Waals surface area contributed by atoms with Gasteiger partial charge in [-0.3, -0.25) is 0 Å². The van der Waals surface area contributed by atoms with Crippen molar-refractivity contribution in [2.45, 2.75) is 38.5 Å². The molecule has 105 valence electrons. The second kappa shape index (κ2) is 6.40. The van der Waals surface area contributed by atoms with Gasteiger partial charge in [0.2, 0.25) is 11.7 Å². The Labute approximate surface area is 124 Å². The first-order chi connectivity index (χ1) is 9.81. The smallest absolute Gasteiger partial charge is 0.226 e. The van der Waals surface area contributed by atoms with Gasteiger partial charge in [-0.25, -0.2) is 0 Å². The molecule has 1 aromatic carbocycles. The Morgan fingerprint density at radius 3 is 2.65 bits per heavy atom. The Hall–Kier alpha value is -1.35. The van der Waals surface area contributed by atoms with Gasteiger partial charge in [-0.2, -0.15) is 4.98 Å². The molecule has 0 aliphatic heterocycles. The topological polar surface area (TPSA) is 38.9 Å². The molecule has 0 saturated heterocycles. The third-order valence-electron chi connectivity index (χ3n) is 3.90. The molecule has 1 heterocycles. The van der Waals surface area contributed by atoms with Crippen LogP contribution in [0.4, 0.5) is 0 Å². The van der Waals surface area contributed by atoms with Gasteiger partial charge in [0.05, 0.1) is 0 Å². The molecule has 2 aromatic rings. The molecule has 0 N–H and O–H groups in total. The summed E-state index contributed by atoms with van der Waals surface area (Å²) in [5.41, 5.74) is 0.941. The Balaban J connectivity index is 1.60. The molecular weight excluding hydrogens is 272 g/mol. The van der Waals surface area contributed by atoms with Gasteiger partial charge in [0.1, 0.15) is 0 Å². The highest BCUT2D eigenvalue weighted by Gasteiger charge is 2.15. The van der Waals surface area contributed by atoms with Crippen molar-refractivity contribution in [3.63, 3.8) is 0 Å². The minimum Gasteiger partial charge on any atom is -0.339 e. The highest BCUT2D eigenvalue weighted by Crippen LogP contribution is 2.27. The number of aryl methyl sites for hydroxylation is 1. The van der Waals surface area contributed by atoms with Gasteiger partial charge in [0.15, 0.2) is 0 Å². The van der Waals surface area contributed by atoms with E-state index in [4.69, 9.17) is 16.1 Å². The van der Waals surface area contributed by atoms with Crippen LogP contribution < -0.4 is 0 Å². The number of rotatable bonds is 4. The van der Waals surface area contributed by atoms with Crippen molar-refractivity contribution in [1.29, 1.82) is 0 Å². The normalized spacial score (nSPS) is 16.4. The molecule has 1 aliphatic carbocycles. The maximum Gasteiger partial charge on any atom is 0.226 e. The molecule has 1 aromatic heterocycles. The zero-order valence-electron chi connectivity index (χ0n) is 11.4. The lowest BCUT2D eigenvalue weighted by Crippen LogP contribution is -2.07. The summed E-state index contributed by atoms with van der Waals surface area (Å²) in [6, 6.07) is 7.50. The van der Waals surface area contributed by atoms with E-state index >= 15 is 0 Å². The molecule has 3 rings (SSSR count). The van der Waals surface area contributed by atoms with Gasteiger partial charge in [0.25, 0.3) is 0 Å². The van der Waals surface area contributed by atoms with Crippen LogP contribution in [0.15, 0.2) is 28.8 Å². The van der Waals surface area contributed by atoms with E-state index < -0.39 is 0 Å². The van der Waals surface area contributed by atoms with Crippen LogP contribution in [0.25, 0.3) is 11.4 Å². The molecule has 1 fully saturated rings. The van der Waals surface area contributed by atoms with Gasteiger partial charge < -0.3 is 4.52 Å². The Bertz CT molecular complexity index is 544. The summed E-state index contributed by atoms with van der Waals surface area (Å²) in [5, 5.41) is 4.76. The van der Waals surface area contributed by atoms with Crippen molar-refractivity contribution in [2.75, 3.05) is 0 Å². The number of nitrogens with zero attached hydrogens (tertiary/aromatic N) is 2. The Kier molecular flexibility index (Phi) is 4.36. The van der Waals surface area contributed by atoms with Gasteiger partial charge >= 0.3 is 0 Å². The fourth-order valence-electron chi connectivity index (χ4n) is 2.68. The highest BCUT2D eigenvalue weighted by molar-refractivity contribution is 6.30. The molecule has 20 heavy (non-hydrogen) atoms. The maximum absolute atomic E-state index is 5.87. The van der Waals surface area contributed by atoms with E-state index in [1.54, 1.807) is 0 Å². The number of hydrogen-bond donors (Lipinski definition) is 0. The van der Waals surface area contributed by atoms with E-state index in [1.165, 1.54) is 25.7 Å².